The molecule has 0 N–H and O–H groups in total. The van der Waals surface area contributed by atoms with E-state index in [-0.39, 0.29) is 0 Å². The minimum atomic E-state index is 0.399. The molecule has 0 unspecified atom stereocenters. The quantitative estimate of drug-likeness (QED) is 0.437. The highest BCUT2D eigenvalue weighted by Gasteiger charge is 2.41. The van der Waals surface area contributed by atoms with E-state index in [4.69, 9.17) is 0 Å². The lowest BCUT2D eigenvalue weighted by molar-refractivity contribution is 0.400. The van der Waals surface area contributed by atoms with E-state index >= 15 is 0 Å². The summed E-state index contributed by atoms with van der Waals surface area (Å²) in [5.74, 6) is 0.800. The van der Waals surface area contributed by atoms with E-state index in [1.165, 1.54) is 34.2 Å². The Morgan fingerprint density at radius 1 is 0.654 bits per heavy atom. The van der Waals surface area contributed by atoms with Crippen molar-refractivity contribution in [1.82, 2.24) is 4.90 Å². The SMILES string of the molecule is CN(C)CCCc1cccc2c1C1c3ccccc3C2c2ccccc21. The van der Waals surface area contributed by atoms with E-state index in [0.717, 1.165) is 13.0 Å². The first-order valence-electron chi connectivity index (χ1n) is 9.69. The Balaban J connectivity index is 1.68. The van der Waals surface area contributed by atoms with Gasteiger partial charge in [0.1, 0.15) is 0 Å². The van der Waals surface area contributed by atoms with Crippen LogP contribution in [0.5, 0.6) is 0 Å². The molecule has 0 fully saturated rings. The molecule has 1 heteroatoms. The van der Waals surface area contributed by atoms with Crippen LogP contribution in [0.1, 0.15) is 57.2 Å². The molecule has 0 heterocycles. The molecular weight excluding hydrogens is 314 g/mol. The monoisotopic (exact) mass is 339 g/mol. The third-order valence-electron chi connectivity index (χ3n) is 6.12. The molecule has 0 aliphatic heterocycles. The number of rotatable bonds is 4. The number of nitrogens with zero attached hydrogens (tertiary/aromatic N) is 1. The van der Waals surface area contributed by atoms with Crippen LogP contribution in [0.4, 0.5) is 0 Å². The predicted molar refractivity (Wildman–Crippen MR) is 108 cm³/mol. The molecule has 3 aromatic carbocycles. The van der Waals surface area contributed by atoms with Gasteiger partial charge in [-0.25, -0.2) is 0 Å². The third kappa shape index (κ3) is 2.27. The number of hydrogen-bond donors (Lipinski definition) is 0. The average molecular weight is 339 g/mol. The minimum absolute atomic E-state index is 0.399. The summed E-state index contributed by atoms with van der Waals surface area (Å²) in [4.78, 5) is 2.28. The van der Waals surface area contributed by atoms with Crippen molar-refractivity contribution in [3.8, 4) is 0 Å². The van der Waals surface area contributed by atoms with Gasteiger partial charge in [0, 0.05) is 11.8 Å². The molecule has 6 rings (SSSR count). The van der Waals surface area contributed by atoms with E-state index in [2.05, 4.69) is 85.7 Å². The van der Waals surface area contributed by atoms with Gasteiger partial charge < -0.3 is 4.90 Å². The van der Waals surface area contributed by atoms with Gasteiger partial charge in [0.05, 0.1) is 0 Å². The number of aryl methyl sites for hydroxylation is 1. The normalized spacial score (nSPS) is 19.2. The maximum Gasteiger partial charge on any atom is 0.0351 e. The van der Waals surface area contributed by atoms with Crippen molar-refractivity contribution < 1.29 is 0 Å². The van der Waals surface area contributed by atoms with Crippen molar-refractivity contribution >= 4 is 0 Å². The summed E-state index contributed by atoms with van der Waals surface area (Å²) < 4.78 is 0. The Kier molecular flexibility index (Phi) is 3.72. The van der Waals surface area contributed by atoms with Crippen molar-refractivity contribution in [2.24, 2.45) is 0 Å². The van der Waals surface area contributed by atoms with Crippen molar-refractivity contribution in [1.29, 1.82) is 0 Å². The summed E-state index contributed by atoms with van der Waals surface area (Å²) in [6.45, 7) is 1.14. The van der Waals surface area contributed by atoms with Gasteiger partial charge >= 0.3 is 0 Å². The first-order chi connectivity index (χ1) is 12.8. The van der Waals surface area contributed by atoms with Crippen molar-refractivity contribution in [3.05, 3.63) is 106 Å². The lowest BCUT2D eigenvalue weighted by atomic mass is 9.60. The second-order valence-corrected chi connectivity index (χ2v) is 7.95. The largest absolute Gasteiger partial charge is 0.309 e. The summed E-state index contributed by atoms with van der Waals surface area (Å²) in [5.41, 5.74) is 10.7. The van der Waals surface area contributed by atoms with Crippen LogP contribution >= 0.6 is 0 Å². The number of benzene rings is 3. The zero-order chi connectivity index (χ0) is 17.7. The molecule has 3 aliphatic carbocycles. The summed E-state index contributed by atoms with van der Waals surface area (Å²) in [5, 5.41) is 0. The topological polar surface area (TPSA) is 3.24 Å². The van der Waals surface area contributed by atoms with Crippen LogP contribution in [0.2, 0.25) is 0 Å². The van der Waals surface area contributed by atoms with Gasteiger partial charge in [-0.2, -0.15) is 0 Å². The highest BCUT2D eigenvalue weighted by atomic mass is 15.0. The van der Waals surface area contributed by atoms with E-state index in [9.17, 15) is 0 Å². The van der Waals surface area contributed by atoms with Crippen LogP contribution in [-0.4, -0.2) is 25.5 Å². The molecular formula is C25H25N. The van der Waals surface area contributed by atoms with Gasteiger partial charge in [-0.3, -0.25) is 0 Å². The molecule has 0 amide bonds. The number of hydrogen-bond acceptors (Lipinski definition) is 1. The predicted octanol–water partition coefficient (Wildman–Crippen LogP) is 5.17. The van der Waals surface area contributed by atoms with Gasteiger partial charge in [0.25, 0.3) is 0 Å². The molecule has 130 valence electrons. The first kappa shape index (κ1) is 15.8. The third-order valence-corrected chi connectivity index (χ3v) is 6.12. The summed E-state index contributed by atoms with van der Waals surface area (Å²) >= 11 is 0. The Hall–Kier alpha value is -2.38. The van der Waals surface area contributed by atoms with Crippen molar-refractivity contribution in [3.63, 3.8) is 0 Å². The molecule has 0 saturated heterocycles. The molecule has 0 radical (unpaired) electrons. The Morgan fingerprint density at radius 3 is 1.77 bits per heavy atom. The van der Waals surface area contributed by atoms with E-state index in [1.807, 2.05) is 0 Å². The lowest BCUT2D eigenvalue weighted by Crippen LogP contribution is -2.28. The zero-order valence-corrected chi connectivity index (χ0v) is 15.6. The molecule has 2 bridgehead atoms. The van der Waals surface area contributed by atoms with Crippen LogP contribution in [0.25, 0.3) is 0 Å². The van der Waals surface area contributed by atoms with E-state index in [1.54, 1.807) is 11.1 Å². The molecule has 3 aromatic rings. The molecule has 26 heavy (non-hydrogen) atoms. The molecule has 0 aromatic heterocycles. The Morgan fingerprint density at radius 2 is 1.19 bits per heavy atom. The maximum absolute atomic E-state index is 2.37. The van der Waals surface area contributed by atoms with Crippen LogP contribution in [0.15, 0.2) is 66.7 Å². The fraction of sp³-hybridized carbons (Fsp3) is 0.280. The summed E-state index contributed by atoms with van der Waals surface area (Å²) in [7, 11) is 4.32. The molecule has 3 aliphatic rings. The van der Waals surface area contributed by atoms with Gasteiger partial charge in [-0.1, -0.05) is 66.7 Å². The van der Waals surface area contributed by atoms with Gasteiger partial charge in [0.2, 0.25) is 0 Å². The summed E-state index contributed by atoms with van der Waals surface area (Å²) in [6.07, 6.45) is 2.37. The molecule has 0 atom stereocenters. The summed E-state index contributed by atoms with van der Waals surface area (Å²) in [6, 6.07) is 25.2. The van der Waals surface area contributed by atoms with E-state index < -0.39 is 0 Å². The average Bonchev–Trinajstić information content (AvgIpc) is 2.67. The Labute approximate surface area is 156 Å². The van der Waals surface area contributed by atoms with Crippen LogP contribution in [-0.2, 0) is 6.42 Å². The first-order valence-corrected chi connectivity index (χ1v) is 9.69. The highest BCUT2D eigenvalue weighted by Crippen LogP contribution is 2.56. The van der Waals surface area contributed by atoms with E-state index in [0.29, 0.717) is 11.8 Å². The minimum Gasteiger partial charge on any atom is -0.309 e. The molecule has 0 spiro atoms. The van der Waals surface area contributed by atoms with Gasteiger partial charge in [-0.05, 0) is 72.4 Å². The fourth-order valence-electron chi connectivity index (χ4n) is 5.09. The molecule has 0 saturated carbocycles. The Bertz CT molecular complexity index is 922. The lowest BCUT2D eigenvalue weighted by Gasteiger charge is -2.43. The van der Waals surface area contributed by atoms with Crippen LogP contribution in [0, 0.1) is 0 Å². The maximum atomic E-state index is 2.37. The fourth-order valence-corrected chi connectivity index (χ4v) is 5.09. The van der Waals surface area contributed by atoms with Crippen molar-refractivity contribution in [2.75, 3.05) is 20.6 Å². The van der Waals surface area contributed by atoms with Crippen molar-refractivity contribution in [2.45, 2.75) is 24.7 Å². The highest BCUT2D eigenvalue weighted by molar-refractivity contribution is 5.69. The zero-order valence-electron chi connectivity index (χ0n) is 15.6. The van der Waals surface area contributed by atoms with Gasteiger partial charge in [-0.15, -0.1) is 0 Å². The molecule has 1 nitrogen and oxygen atoms in total. The standard InChI is InChI=1S/C25H25N/c1-26(2)16-8-10-17-9-7-15-22-23(17)25-20-13-5-3-11-18(20)24(22)19-12-4-6-14-21(19)25/h3-7,9,11-15,24-25H,8,10,16H2,1-2H3. The smallest absolute Gasteiger partial charge is 0.0351 e. The second kappa shape index (κ2) is 6.10. The van der Waals surface area contributed by atoms with Gasteiger partial charge in [0.15, 0.2) is 0 Å². The van der Waals surface area contributed by atoms with Crippen LogP contribution in [0.3, 0.4) is 0 Å². The second-order valence-electron chi connectivity index (χ2n) is 7.95. The van der Waals surface area contributed by atoms with Crippen LogP contribution < -0.4 is 0 Å².